The molecule has 3 atom stereocenters. The average molecular weight is 615 g/mol. The highest BCUT2D eigenvalue weighted by Crippen LogP contribution is 2.41. The number of aromatic nitrogens is 1. The van der Waals surface area contributed by atoms with Crippen LogP contribution in [0.5, 0.6) is 0 Å². The average Bonchev–Trinajstić information content (AvgIpc) is 2.98. The number of likely N-dealkylation sites (tertiary alicyclic amines) is 1. The second-order valence-corrected chi connectivity index (χ2v) is 11.3. The summed E-state index contributed by atoms with van der Waals surface area (Å²) in [6.45, 7) is 1.91. The number of nitrogens with zero attached hydrogens (tertiary/aromatic N) is 2. The minimum absolute atomic E-state index is 0.137. The van der Waals surface area contributed by atoms with Gasteiger partial charge in [-0.25, -0.2) is 18.6 Å². The van der Waals surface area contributed by atoms with Crippen LogP contribution in [0.4, 0.5) is 29.3 Å². The summed E-state index contributed by atoms with van der Waals surface area (Å²) in [5.74, 6) is -4.13. The van der Waals surface area contributed by atoms with E-state index in [0.717, 1.165) is 12.1 Å². The van der Waals surface area contributed by atoms with Gasteiger partial charge in [-0.1, -0.05) is 31.0 Å². The van der Waals surface area contributed by atoms with Crippen LogP contribution in [0.25, 0.3) is 11.1 Å². The van der Waals surface area contributed by atoms with Gasteiger partial charge < -0.3 is 15.0 Å². The molecular formula is C31H30ClF3N4O4. The molecule has 1 saturated heterocycles. The second-order valence-electron chi connectivity index (χ2n) is 10.9. The second kappa shape index (κ2) is 12.6. The third-order valence-corrected chi connectivity index (χ3v) is 8.42. The van der Waals surface area contributed by atoms with Crippen LogP contribution < -0.4 is 10.6 Å². The number of rotatable bonds is 3. The van der Waals surface area contributed by atoms with E-state index in [4.69, 9.17) is 11.6 Å². The molecule has 1 aromatic heterocycles. The van der Waals surface area contributed by atoms with Gasteiger partial charge in [0, 0.05) is 58.9 Å². The lowest BCUT2D eigenvalue weighted by molar-refractivity contribution is -0.137. The maximum absolute atomic E-state index is 15.4. The molecule has 0 saturated carbocycles. The fourth-order valence-corrected chi connectivity index (χ4v) is 5.98. The molecular weight excluding hydrogens is 585 g/mol. The minimum atomic E-state index is -0.877. The van der Waals surface area contributed by atoms with E-state index in [1.54, 1.807) is 36.1 Å². The highest BCUT2D eigenvalue weighted by Gasteiger charge is 2.36. The lowest BCUT2D eigenvalue weighted by Crippen LogP contribution is -2.41. The van der Waals surface area contributed by atoms with Crippen molar-refractivity contribution < 1.29 is 32.3 Å². The summed E-state index contributed by atoms with van der Waals surface area (Å²) in [7, 11) is 1.23. The van der Waals surface area contributed by atoms with Gasteiger partial charge in [-0.2, -0.15) is 4.39 Å². The van der Waals surface area contributed by atoms with Crippen molar-refractivity contribution in [3.05, 3.63) is 76.3 Å². The van der Waals surface area contributed by atoms with Gasteiger partial charge in [0.2, 0.25) is 17.8 Å². The molecule has 2 aliphatic rings. The first kappa shape index (κ1) is 30.3. The van der Waals surface area contributed by atoms with Crippen molar-refractivity contribution in [2.45, 2.75) is 51.0 Å². The number of ether oxygens (including phenoxy) is 1. The fourth-order valence-electron chi connectivity index (χ4n) is 5.82. The van der Waals surface area contributed by atoms with E-state index in [0.29, 0.717) is 41.8 Å². The Kier molecular flexibility index (Phi) is 8.91. The number of carbonyl (C=O) groups excluding carboxylic acids is 3. The van der Waals surface area contributed by atoms with Crippen molar-refractivity contribution in [1.29, 1.82) is 0 Å². The summed E-state index contributed by atoms with van der Waals surface area (Å²) in [5.41, 5.74) is 1.75. The number of carbonyl (C=O) groups is 3. The normalized spacial score (nSPS) is 20.8. The quantitative estimate of drug-likeness (QED) is 0.240. The molecule has 43 heavy (non-hydrogen) atoms. The van der Waals surface area contributed by atoms with Crippen molar-refractivity contribution >= 4 is 40.9 Å². The number of methoxy groups -OCH3 is 1. The van der Waals surface area contributed by atoms with E-state index in [1.165, 1.54) is 13.3 Å². The molecule has 226 valence electrons. The maximum Gasteiger partial charge on any atom is 0.411 e. The summed E-state index contributed by atoms with van der Waals surface area (Å²) in [5, 5.41) is 5.25. The molecule has 3 amide bonds. The lowest BCUT2D eigenvalue weighted by Gasteiger charge is -2.38. The van der Waals surface area contributed by atoms with E-state index < -0.39 is 41.6 Å². The summed E-state index contributed by atoms with van der Waals surface area (Å²) < 4.78 is 49.4. The first-order valence-corrected chi connectivity index (χ1v) is 14.3. The number of amides is 3. The lowest BCUT2D eigenvalue weighted by atomic mass is 9.86. The van der Waals surface area contributed by atoms with Gasteiger partial charge in [0.1, 0.15) is 11.6 Å². The first-order chi connectivity index (χ1) is 20.6. The number of pyridine rings is 1. The van der Waals surface area contributed by atoms with Crippen LogP contribution in [-0.4, -0.2) is 41.4 Å². The van der Waals surface area contributed by atoms with Crippen molar-refractivity contribution in [3.8, 4) is 11.1 Å². The molecule has 2 aliphatic heterocycles. The summed E-state index contributed by atoms with van der Waals surface area (Å²) in [6, 6.07) is 7.96. The Balaban J connectivity index is 1.51. The van der Waals surface area contributed by atoms with Crippen LogP contribution in [0.3, 0.4) is 0 Å². The Morgan fingerprint density at radius 1 is 1.12 bits per heavy atom. The monoisotopic (exact) mass is 614 g/mol. The first-order valence-electron chi connectivity index (χ1n) is 14.0. The van der Waals surface area contributed by atoms with Crippen LogP contribution in [0.15, 0.2) is 42.6 Å². The third-order valence-electron chi connectivity index (χ3n) is 8.13. The zero-order chi connectivity index (χ0) is 30.8. The molecule has 0 spiro atoms. The molecule has 5 rings (SSSR count). The van der Waals surface area contributed by atoms with Gasteiger partial charge in [0.15, 0.2) is 0 Å². The Hall–Kier alpha value is -4.12. The van der Waals surface area contributed by atoms with Crippen molar-refractivity contribution in [2.75, 3.05) is 24.3 Å². The van der Waals surface area contributed by atoms with Gasteiger partial charge in [-0.15, -0.1) is 0 Å². The number of benzene rings is 2. The third kappa shape index (κ3) is 6.31. The highest BCUT2D eigenvalue weighted by atomic mass is 35.5. The Bertz CT molecular complexity index is 1590. The summed E-state index contributed by atoms with van der Waals surface area (Å²) in [4.78, 5) is 43.9. The predicted molar refractivity (Wildman–Crippen MR) is 155 cm³/mol. The van der Waals surface area contributed by atoms with E-state index in [-0.39, 0.29) is 47.4 Å². The van der Waals surface area contributed by atoms with Gasteiger partial charge >= 0.3 is 6.09 Å². The van der Waals surface area contributed by atoms with Gasteiger partial charge in [0.25, 0.3) is 0 Å². The van der Waals surface area contributed by atoms with Gasteiger partial charge in [-0.05, 0) is 49.6 Å². The van der Waals surface area contributed by atoms with Gasteiger partial charge in [0.05, 0.1) is 23.9 Å². The van der Waals surface area contributed by atoms with Crippen LogP contribution in [-0.2, 0) is 14.3 Å². The SMILES string of the molecule is COC(=O)Nc1ccc2c(c1)NC(=O)C(C)CCCC(N1CC[C@H](c3c(F)ccc(Cl)c3F)CC1=O)c1cc-2cnc1F. The maximum atomic E-state index is 15.4. The minimum Gasteiger partial charge on any atom is -0.453 e. The molecule has 12 heteroatoms. The molecule has 2 bridgehead atoms. The Morgan fingerprint density at radius 3 is 2.65 bits per heavy atom. The van der Waals surface area contributed by atoms with Crippen LogP contribution in [0.1, 0.15) is 62.1 Å². The molecule has 0 radical (unpaired) electrons. The van der Waals surface area contributed by atoms with E-state index in [2.05, 4.69) is 20.4 Å². The van der Waals surface area contributed by atoms with Crippen LogP contribution >= 0.6 is 11.6 Å². The summed E-state index contributed by atoms with van der Waals surface area (Å²) in [6.07, 6.45) is 2.03. The topological polar surface area (TPSA) is 101 Å². The fraction of sp³-hybridized carbons (Fsp3) is 0.355. The van der Waals surface area contributed by atoms with Crippen molar-refractivity contribution in [2.24, 2.45) is 5.92 Å². The number of halogens is 4. The zero-order valence-electron chi connectivity index (χ0n) is 23.6. The smallest absolute Gasteiger partial charge is 0.411 e. The van der Waals surface area contributed by atoms with E-state index in [9.17, 15) is 23.2 Å². The predicted octanol–water partition coefficient (Wildman–Crippen LogP) is 7.20. The molecule has 2 unspecified atom stereocenters. The van der Waals surface area contributed by atoms with Crippen LogP contribution in [0.2, 0.25) is 5.02 Å². The number of piperidine rings is 1. The molecule has 2 aromatic carbocycles. The number of anilines is 2. The Morgan fingerprint density at radius 2 is 1.91 bits per heavy atom. The number of hydrogen-bond donors (Lipinski definition) is 2. The molecule has 2 N–H and O–H groups in total. The Labute approximate surface area is 251 Å². The molecule has 0 aliphatic carbocycles. The number of nitrogens with one attached hydrogen (secondary N) is 2. The molecule has 8 nitrogen and oxygen atoms in total. The standard InChI is InChI=1S/C31H30ClF3N4O4/c1-16-4-3-5-25(39-11-10-17(13-26(39)40)27-23(33)9-8-22(32)28(27)34)21-12-18(15-36-29(21)35)20-7-6-19(37-31(42)43-2)14-24(20)38-30(16)41/h6-9,12,14-17,25H,3-5,10-11,13H2,1-2H3,(H,37,42)(H,38,41)/t16?,17-,25?/m0/s1. The molecule has 1 fully saturated rings. The van der Waals surface area contributed by atoms with E-state index in [1.807, 2.05) is 0 Å². The highest BCUT2D eigenvalue weighted by molar-refractivity contribution is 6.30. The largest absolute Gasteiger partial charge is 0.453 e. The number of hydrogen-bond acceptors (Lipinski definition) is 5. The van der Waals surface area contributed by atoms with Crippen molar-refractivity contribution in [1.82, 2.24) is 9.88 Å². The molecule has 3 aromatic rings. The zero-order valence-corrected chi connectivity index (χ0v) is 24.3. The number of fused-ring (bicyclic) bond motifs is 4. The van der Waals surface area contributed by atoms with Crippen molar-refractivity contribution in [3.63, 3.8) is 0 Å². The van der Waals surface area contributed by atoms with Gasteiger partial charge in [-0.3, -0.25) is 14.9 Å². The van der Waals surface area contributed by atoms with E-state index >= 15 is 4.39 Å². The summed E-state index contributed by atoms with van der Waals surface area (Å²) >= 11 is 5.89. The molecule has 3 heterocycles. The van der Waals surface area contributed by atoms with Crippen LogP contribution in [0, 0.1) is 23.5 Å².